The number of hydrogen-bond acceptors (Lipinski definition) is 3. The summed E-state index contributed by atoms with van der Waals surface area (Å²) in [6.45, 7) is -2.01. The van der Waals surface area contributed by atoms with E-state index in [1.165, 1.54) is 18.2 Å². The molecule has 0 aliphatic heterocycles. The third kappa shape index (κ3) is 4.51. The van der Waals surface area contributed by atoms with Crippen molar-refractivity contribution in [2.24, 2.45) is 0 Å². The Morgan fingerprint density at radius 1 is 1.35 bits per heavy atom. The first-order chi connectivity index (χ1) is 7.94. The fourth-order valence-electron chi connectivity index (χ4n) is 0.996. The maximum Gasteiger partial charge on any atom is 0.411 e. The van der Waals surface area contributed by atoms with Gasteiger partial charge in [0, 0.05) is 0 Å². The maximum atomic E-state index is 11.7. The van der Waals surface area contributed by atoms with Crippen molar-refractivity contribution in [3.05, 3.63) is 28.8 Å². The van der Waals surface area contributed by atoms with Gasteiger partial charge in [0.1, 0.15) is 24.0 Å². The highest BCUT2D eigenvalue weighted by atomic mass is 35.5. The van der Waals surface area contributed by atoms with Crippen molar-refractivity contribution in [2.45, 2.75) is 6.18 Å². The van der Waals surface area contributed by atoms with Crippen LogP contribution in [0.5, 0.6) is 5.75 Å². The van der Waals surface area contributed by atoms with Crippen LogP contribution in [0.1, 0.15) is 5.56 Å². The molecular formula is C10H7ClF3NO2. The van der Waals surface area contributed by atoms with E-state index in [1.54, 1.807) is 6.07 Å². The van der Waals surface area contributed by atoms with Crippen molar-refractivity contribution in [1.82, 2.24) is 0 Å². The Morgan fingerprint density at radius 2 is 2.06 bits per heavy atom. The predicted octanol–water partition coefficient (Wildman–Crippen LogP) is 3.13. The van der Waals surface area contributed by atoms with Gasteiger partial charge in [-0.1, -0.05) is 17.7 Å². The Morgan fingerprint density at radius 3 is 2.65 bits per heavy atom. The molecule has 1 rings (SSSR count). The Balaban J connectivity index is 2.53. The zero-order valence-electron chi connectivity index (χ0n) is 8.42. The number of nitriles is 1. The minimum absolute atomic E-state index is 0.0600. The summed E-state index contributed by atoms with van der Waals surface area (Å²) >= 11 is 5.69. The van der Waals surface area contributed by atoms with Crippen molar-refractivity contribution in [3.63, 3.8) is 0 Å². The lowest BCUT2D eigenvalue weighted by Gasteiger charge is -2.10. The molecule has 92 valence electrons. The first-order valence-electron chi connectivity index (χ1n) is 4.40. The topological polar surface area (TPSA) is 42.2 Å². The van der Waals surface area contributed by atoms with Crippen LogP contribution < -0.4 is 4.74 Å². The largest absolute Gasteiger partial charge is 0.466 e. The van der Waals surface area contributed by atoms with E-state index in [2.05, 4.69) is 4.74 Å². The Hall–Kier alpha value is -1.45. The summed E-state index contributed by atoms with van der Waals surface area (Å²) < 4.78 is 44.3. The average molecular weight is 266 g/mol. The van der Waals surface area contributed by atoms with Crippen molar-refractivity contribution < 1.29 is 22.6 Å². The predicted molar refractivity (Wildman–Crippen MR) is 53.7 cm³/mol. The smallest absolute Gasteiger partial charge is 0.411 e. The molecule has 0 atom stereocenters. The standard InChI is InChI=1S/C10H7ClF3NO2/c11-8-2-1-3-9(7(8)4-15)17-6-16-5-10(12,13)14/h1-3H,5-6H2. The zero-order valence-corrected chi connectivity index (χ0v) is 9.18. The molecule has 0 amide bonds. The molecule has 0 aromatic heterocycles. The lowest BCUT2D eigenvalue weighted by Crippen LogP contribution is -2.19. The normalized spacial score (nSPS) is 11.0. The molecule has 0 spiro atoms. The van der Waals surface area contributed by atoms with Crippen LogP contribution in [0.2, 0.25) is 5.02 Å². The van der Waals surface area contributed by atoms with Gasteiger partial charge in [-0.3, -0.25) is 0 Å². The van der Waals surface area contributed by atoms with E-state index in [9.17, 15) is 13.2 Å². The fraction of sp³-hybridized carbons (Fsp3) is 0.300. The minimum Gasteiger partial charge on any atom is -0.466 e. The van der Waals surface area contributed by atoms with Crippen LogP contribution in [-0.4, -0.2) is 19.6 Å². The van der Waals surface area contributed by atoms with E-state index in [-0.39, 0.29) is 16.3 Å². The van der Waals surface area contributed by atoms with E-state index < -0.39 is 19.6 Å². The first-order valence-corrected chi connectivity index (χ1v) is 4.78. The maximum absolute atomic E-state index is 11.7. The average Bonchev–Trinajstić information content (AvgIpc) is 2.23. The SMILES string of the molecule is N#Cc1c(Cl)cccc1OCOCC(F)(F)F. The van der Waals surface area contributed by atoms with Crippen molar-refractivity contribution in [2.75, 3.05) is 13.4 Å². The van der Waals surface area contributed by atoms with Gasteiger partial charge in [-0.2, -0.15) is 18.4 Å². The van der Waals surface area contributed by atoms with Crippen molar-refractivity contribution in [1.29, 1.82) is 5.26 Å². The molecule has 0 aliphatic carbocycles. The Kier molecular flexibility index (Phi) is 4.61. The van der Waals surface area contributed by atoms with Gasteiger partial charge in [0.2, 0.25) is 0 Å². The van der Waals surface area contributed by atoms with Crippen LogP contribution in [0, 0.1) is 11.3 Å². The van der Waals surface area contributed by atoms with E-state index >= 15 is 0 Å². The lowest BCUT2D eigenvalue weighted by atomic mass is 10.2. The number of nitrogens with zero attached hydrogens (tertiary/aromatic N) is 1. The number of hydrogen-bond donors (Lipinski definition) is 0. The van der Waals surface area contributed by atoms with Gasteiger partial charge in [-0.05, 0) is 12.1 Å². The molecule has 0 saturated carbocycles. The van der Waals surface area contributed by atoms with Crippen molar-refractivity contribution in [3.8, 4) is 11.8 Å². The van der Waals surface area contributed by atoms with Crippen LogP contribution in [0.4, 0.5) is 13.2 Å². The summed E-state index contributed by atoms with van der Waals surface area (Å²) in [7, 11) is 0. The van der Waals surface area contributed by atoms with Crippen molar-refractivity contribution >= 4 is 11.6 Å². The second-order valence-corrected chi connectivity index (χ2v) is 3.36. The van der Waals surface area contributed by atoms with Crippen LogP contribution in [-0.2, 0) is 4.74 Å². The van der Waals surface area contributed by atoms with Gasteiger partial charge < -0.3 is 9.47 Å². The highest BCUT2D eigenvalue weighted by molar-refractivity contribution is 6.31. The number of halogens is 4. The molecular weight excluding hydrogens is 259 g/mol. The highest BCUT2D eigenvalue weighted by Gasteiger charge is 2.27. The summed E-state index contributed by atoms with van der Waals surface area (Å²) in [6, 6.07) is 6.20. The molecule has 0 fully saturated rings. The fourth-order valence-corrected chi connectivity index (χ4v) is 1.20. The Bertz CT molecular complexity index is 429. The number of alkyl halides is 3. The van der Waals surface area contributed by atoms with Gasteiger partial charge in [0.15, 0.2) is 6.79 Å². The third-order valence-corrected chi connectivity index (χ3v) is 1.97. The molecule has 17 heavy (non-hydrogen) atoms. The lowest BCUT2D eigenvalue weighted by molar-refractivity contribution is -0.186. The molecule has 1 aromatic carbocycles. The van der Waals surface area contributed by atoms with E-state index in [0.29, 0.717) is 0 Å². The second-order valence-electron chi connectivity index (χ2n) is 2.95. The molecule has 1 aromatic rings. The quantitative estimate of drug-likeness (QED) is 0.620. The summed E-state index contributed by atoms with van der Waals surface area (Å²) in [5.41, 5.74) is 0.0600. The van der Waals surface area contributed by atoms with E-state index in [4.69, 9.17) is 21.6 Å². The minimum atomic E-state index is -4.41. The van der Waals surface area contributed by atoms with Gasteiger partial charge in [0.05, 0.1) is 5.02 Å². The van der Waals surface area contributed by atoms with Gasteiger partial charge in [-0.25, -0.2) is 0 Å². The first kappa shape index (κ1) is 13.6. The van der Waals surface area contributed by atoms with Gasteiger partial charge in [-0.15, -0.1) is 0 Å². The molecule has 0 aliphatic rings. The van der Waals surface area contributed by atoms with Crippen LogP contribution in [0.25, 0.3) is 0 Å². The zero-order chi connectivity index (χ0) is 12.9. The van der Waals surface area contributed by atoms with Gasteiger partial charge >= 0.3 is 6.18 Å². The molecule has 0 radical (unpaired) electrons. The van der Waals surface area contributed by atoms with Crippen LogP contribution >= 0.6 is 11.6 Å². The molecule has 3 nitrogen and oxygen atoms in total. The number of benzene rings is 1. The van der Waals surface area contributed by atoms with Crippen LogP contribution in [0.3, 0.4) is 0 Å². The van der Waals surface area contributed by atoms with Gasteiger partial charge in [0.25, 0.3) is 0 Å². The molecule has 0 heterocycles. The summed E-state index contributed by atoms with van der Waals surface area (Å²) in [4.78, 5) is 0. The Labute approximate surface area is 100 Å². The third-order valence-electron chi connectivity index (χ3n) is 1.65. The van der Waals surface area contributed by atoms with E-state index in [1.807, 2.05) is 0 Å². The monoisotopic (exact) mass is 265 g/mol. The molecule has 7 heteroatoms. The highest BCUT2D eigenvalue weighted by Crippen LogP contribution is 2.25. The molecule has 0 unspecified atom stereocenters. The summed E-state index contributed by atoms with van der Waals surface area (Å²) in [6.07, 6.45) is -4.41. The van der Waals surface area contributed by atoms with Crippen LogP contribution in [0.15, 0.2) is 18.2 Å². The second kappa shape index (κ2) is 5.75. The number of ether oxygens (including phenoxy) is 2. The van der Waals surface area contributed by atoms with E-state index in [0.717, 1.165) is 0 Å². The summed E-state index contributed by atoms with van der Waals surface area (Å²) in [5, 5.41) is 8.92. The summed E-state index contributed by atoms with van der Waals surface area (Å²) in [5.74, 6) is 0.0853. The molecule has 0 bridgehead atoms. The molecule has 0 saturated heterocycles. The molecule has 0 N–H and O–H groups in total. The number of rotatable bonds is 4.